The molecule has 9 nitrogen and oxygen atoms in total. The smallest absolute Gasteiger partial charge is 0.328 e. The number of barbiturate groups is 1. The lowest BCUT2D eigenvalue weighted by molar-refractivity contribution is -0.138. The Morgan fingerprint density at radius 2 is 1.72 bits per heavy atom. The van der Waals surface area contributed by atoms with Gasteiger partial charge < -0.3 is 4.74 Å². The van der Waals surface area contributed by atoms with Crippen LogP contribution in [0.25, 0.3) is 0 Å². The van der Waals surface area contributed by atoms with Gasteiger partial charge in [0.1, 0.15) is 5.75 Å². The lowest BCUT2D eigenvalue weighted by Gasteiger charge is -2.37. The molecule has 3 heterocycles. The van der Waals surface area contributed by atoms with Gasteiger partial charge in [-0.25, -0.2) is 9.78 Å². The van der Waals surface area contributed by atoms with Gasteiger partial charge in [0.05, 0.1) is 11.9 Å². The Bertz CT molecular complexity index is 981. The molecule has 1 spiro atoms. The Balaban J connectivity index is 1.60. The van der Waals surface area contributed by atoms with E-state index in [1.807, 2.05) is 24.3 Å². The summed E-state index contributed by atoms with van der Waals surface area (Å²) in [7, 11) is 0. The van der Waals surface area contributed by atoms with Crippen molar-refractivity contribution in [3.05, 3.63) is 48.2 Å². The number of urea groups is 1. The zero-order chi connectivity index (χ0) is 20.6. The van der Waals surface area contributed by atoms with E-state index in [9.17, 15) is 19.2 Å². The van der Waals surface area contributed by atoms with Crippen LogP contribution in [0.4, 0.5) is 10.5 Å². The van der Waals surface area contributed by atoms with Crippen LogP contribution in [0.15, 0.2) is 42.6 Å². The van der Waals surface area contributed by atoms with Crippen molar-refractivity contribution in [3.8, 4) is 11.6 Å². The standard InChI is InChI=1S/C20H18N4O5/c1-2-12-3-6-14(7-4-12)29-15-8-5-13(11-21-15)24-16(25)9-10-20(24)17(26)22-19(28)23-18(20)27/h3-8,11H,2,9-10H2,1H3,(H2,22,23,26,27,28). The first kappa shape index (κ1) is 18.6. The number of nitrogens with one attached hydrogen (secondary N) is 2. The summed E-state index contributed by atoms with van der Waals surface area (Å²) in [5.74, 6) is -1.15. The SMILES string of the molecule is CCc1ccc(Oc2ccc(N3C(=O)CCC34C(=O)NC(=O)NC4=O)cn2)cc1. The normalized spacial score (nSPS) is 18.0. The quantitative estimate of drug-likeness (QED) is 0.762. The van der Waals surface area contributed by atoms with E-state index in [-0.39, 0.29) is 18.5 Å². The van der Waals surface area contributed by atoms with E-state index in [0.29, 0.717) is 11.6 Å². The van der Waals surface area contributed by atoms with E-state index in [1.165, 1.54) is 11.8 Å². The van der Waals surface area contributed by atoms with Crippen LogP contribution in [0.3, 0.4) is 0 Å². The van der Waals surface area contributed by atoms with Gasteiger partial charge in [-0.2, -0.15) is 0 Å². The van der Waals surface area contributed by atoms with E-state index < -0.39 is 29.3 Å². The molecule has 1 aromatic heterocycles. The minimum absolute atomic E-state index is 0.00292. The Morgan fingerprint density at radius 1 is 1.03 bits per heavy atom. The monoisotopic (exact) mass is 394 g/mol. The van der Waals surface area contributed by atoms with Crippen LogP contribution in [0.2, 0.25) is 0 Å². The van der Waals surface area contributed by atoms with Crippen LogP contribution < -0.4 is 20.3 Å². The summed E-state index contributed by atoms with van der Waals surface area (Å²) >= 11 is 0. The number of ether oxygens (including phenoxy) is 1. The molecule has 2 aliphatic rings. The maximum atomic E-state index is 12.5. The molecule has 0 aliphatic carbocycles. The first-order valence-electron chi connectivity index (χ1n) is 9.17. The number of imide groups is 2. The molecule has 0 unspecified atom stereocenters. The van der Waals surface area contributed by atoms with Gasteiger partial charge in [0, 0.05) is 12.5 Å². The van der Waals surface area contributed by atoms with E-state index in [2.05, 4.69) is 22.5 Å². The predicted octanol–water partition coefficient (Wildman–Crippen LogP) is 1.67. The molecule has 1 aromatic carbocycles. The molecule has 0 radical (unpaired) electrons. The molecule has 148 valence electrons. The molecule has 4 rings (SSSR count). The van der Waals surface area contributed by atoms with Gasteiger partial charge in [-0.1, -0.05) is 19.1 Å². The fourth-order valence-electron chi connectivity index (χ4n) is 3.55. The third-order valence-corrected chi connectivity index (χ3v) is 5.07. The van der Waals surface area contributed by atoms with Crippen molar-refractivity contribution < 1.29 is 23.9 Å². The summed E-state index contributed by atoms with van der Waals surface area (Å²) in [6.07, 6.45) is 2.25. The molecular formula is C20H18N4O5. The number of nitrogens with zero attached hydrogens (tertiary/aromatic N) is 2. The van der Waals surface area contributed by atoms with Crippen LogP contribution >= 0.6 is 0 Å². The number of rotatable bonds is 4. The maximum Gasteiger partial charge on any atom is 0.328 e. The average molecular weight is 394 g/mol. The molecular weight excluding hydrogens is 376 g/mol. The highest BCUT2D eigenvalue weighted by Crippen LogP contribution is 2.37. The minimum atomic E-state index is -1.80. The first-order valence-corrected chi connectivity index (χ1v) is 9.17. The third-order valence-electron chi connectivity index (χ3n) is 5.07. The Hall–Kier alpha value is -3.75. The number of hydrogen-bond acceptors (Lipinski definition) is 6. The highest BCUT2D eigenvalue weighted by Gasteiger charge is 2.60. The largest absolute Gasteiger partial charge is 0.439 e. The van der Waals surface area contributed by atoms with Crippen molar-refractivity contribution in [1.82, 2.24) is 15.6 Å². The maximum absolute atomic E-state index is 12.5. The Labute approximate surface area is 166 Å². The van der Waals surface area contributed by atoms with E-state index >= 15 is 0 Å². The highest BCUT2D eigenvalue weighted by atomic mass is 16.5. The van der Waals surface area contributed by atoms with Gasteiger partial charge in [0.2, 0.25) is 17.3 Å². The van der Waals surface area contributed by atoms with Crippen molar-refractivity contribution in [3.63, 3.8) is 0 Å². The molecule has 0 saturated carbocycles. The van der Waals surface area contributed by atoms with Gasteiger partial charge in [0.15, 0.2) is 0 Å². The van der Waals surface area contributed by atoms with E-state index in [4.69, 9.17) is 4.74 Å². The zero-order valence-corrected chi connectivity index (χ0v) is 15.6. The van der Waals surface area contributed by atoms with E-state index in [0.717, 1.165) is 11.3 Å². The fraction of sp³-hybridized carbons (Fsp3) is 0.250. The Morgan fingerprint density at radius 3 is 2.31 bits per heavy atom. The molecule has 2 fully saturated rings. The highest BCUT2D eigenvalue weighted by molar-refractivity contribution is 6.28. The second-order valence-electron chi connectivity index (χ2n) is 6.78. The molecule has 5 amide bonds. The number of hydrogen-bond donors (Lipinski definition) is 2. The van der Waals surface area contributed by atoms with Crippen molar-refractivity contribution in [1.29, 1.82) is 0 Å². The number of anilines is 1. The van der Waals surface area contributed by atoms with Gasteiger partial charge in [-0.3, -0.25) is 29.9 Å². The molecule has 0 bridgehead atoms. The minimum Gasteiger partial charge on any atom is -0.439 e. The van der Waals surface area contributed by atoms with Gasteiger partial charge in [-0.15, -0.1) is 0 Å². The molecule has 2 saturated heterocycles. The van der Waals surface area contributed by atoms with Crippen LogP contribution in [0.1, 0.15) is 25.3 Å². The summed E-state index contributed by atoms with van der Waals surface area (Å²) in [4.78, 5) is 54.2. The number of carbonyl (C=O) groups is 4. The number of aromatic nitrogens is 1. The topological polar surface area (TPSA) is 118 Å². The number of pyridine rings is 1. The van der Waals surface area contributed by atoms with Crippen LogP contribution in [-0.2, 0) is 20.8 Å². The third kappa shape index (κ3) is 3.10. The second-order valence-corrected chi connectivity index (χ2v) is 6.78. The summed E-state index contributed by atoms with van der Waals surface area (Å²) in [6.45, 7) is 2.06. The molecule has 0 atom stereocenters. The lowest BCUT2D eigenvalue weighted by atomic mass is 9.92. The number of benzene rings is 1. The number of amides is 5. The Kier molecular flexibility index (Phi) is 4.50. The van der Waals surface area contributed by atoms with Gasteiger partial charge in [0.25, 0.3) is 11.8 Å². The summed E-state index contributed by atoms with van der Waals surface area (Å²) in [5, 5.41) is 4.13. The van der Waals surface area contributed by atoms with E-state index in [1.54, 1.807) is 12.1 Å². The molecule has 29 heavy (non-hydrogen) atoms. The second kappa shape index (κ2) is 7.01. The van der Waals surface area contributed by atoms with Crippen molar-refractivity contribution in [2.45, 2.75) is 31.7 Å². The first-order chi connectivity index (χ1) is 13.9. The zero-order valence-electron chi connectivity index (χ0n) is 15.6. The average Bonchev–Trinajstić information content (AvgIpc) is 3.06. The fourth-order valence-corrected chi connectivity index (χ4v) is 3.55. The van der Waals surface area contributed by atoms with Crippen LogP contribution in [0, 0.1) is 0 Å². The van der Waals surface area contributed by atoms with Gasteiger partial charge in [-0.05, 0) is 36.6 Å². The summed E-state index contributed by atoms with van der Waals surface area (Å²) in [6, 6.07) is 9.77. The number of aryl methyl sites for hydroxylation is 1. The van der Waals surface area contributed by atoms with Crippen molar-refractivity contribution in [2.75, 3.05) is 4.90 Å². The van der Waals surface area contributed by atoms with Crippen LogP contribution in [-0.4, -0.2) is 34.3 Å². The predicted molar refractivity (Wildman–Crippen MR) is 101 cm³/mol. The molecule has 2 aliphatic heterocycles. The molecule has 2 N–H and O–H groups in total. The molecule has 2 aromatic rings. The lowest BCUT2D eigenvalue weighted by Crippen LogP contribution is -2.72. The number of carbonyl (C=O) groups excluding carboxylic acids is 4. The van der Waals surface area contributed by atoms with Crippen LogP contribution in [0.5, 0.6) is 11.6 Å². The van der Waals surface area contributed by atoms with Crippen molar-refractivity contribution in [2.24, 2.45) is 0 Å². The molecule has 9 heteroatoms. The van der Waals surface area contributed by atoms with Crippen molar-refractivity contribution >= 4 is 29.4 Å². The van der Waals surface area contributed by atoms with Gasteiger partial charge >= 0.3 is 6.03 Å². The summed E-state index contributed by atoms with van der Waals surface area (Å²) < 4.78 is 5.70. The summed E-state index contributed by atoms with van der Waals surface area (Å²) in [5.41, 5.74) is -0.354.